The van der Waals surface area contributed by atoms with Crippen molar-refractivity contribution < 1.29 is 19.2 Å². The summed E-state index contributed by atoms with van der Waals surface area (Å²) in [5.41, 5.74) is 3.35. The molecule has 3 rings (SSSR count). The van der Waals surface area contributed by atoms with E-state index in [2.05, 4.69) is 34.5 Å². The Hall–Kier alpha value is -2.57. The first kappa shape index (κ1) is 20.2. The molecule has 6 heteroatoms. The quantitative estimate of drug-likeness (QED) is 0.762. The second-order valence-corrected chi connectivity index (χ2v) is 7.25. The zero-order chi connectivity index (χ0) is 19.8. The molecule has 1 amide bonds. The van der Waals surface area contributed by atoms with Crippen molar-refractivity contribution in [1.29, 1.82) is 0 Å². The molecule has 28 heavy (non-hydrogen) atoms. The number of amides is 1. The van der Waals surface area contributed by atoms with Gasteiger partial charge >= 0.3 is 6.09 Å². The van der Waals surface area contributed by atoms with Crippen molar-refractivity contribution >= 4 is 11.8 Å². The molecule has 1 heterocycles. The SMILES string of the molecule is CN(C)c1ccc([C@H](CNC(=O)OCc2ccccc2)[NH+]2CCOCC2)cc1. The number of morpholine rings is 1. The van der Waals surface area contributed by atoms with E-state index in [-0.39, 0.29) is 18.7 Å². The normalized spacial score (nSPS) is 15.6. The molecule has 150 valence electrons. The monoisotopic (exact) mass is 384 g/mol. The summed E-state index contributed by atoms with van der Waals surface area (Å²) in [6.45, 7) is 4.17. The lowest BCUT2D eigenvalue weighted by Gasteiger charge is -2.32. The third-order valence-corrected chi connectivity index (χ3v) is 5.10. The van der Waals surface area contributed by atoms with E-state index in [1.54, 1.807) is 0 Å². The van der Waals surface area contributed by atoms with E-state index in [0.29, 0.717) is 6.54 Å². The van der Waals surface area contributed by atoms with Crippen LogP contribution < -0.4 is 15.1 Å². The summed E-state index contributed by atoms with van der Waals surface area (Å²) in [6.07, 6.45) is -0.383. The number of ether oxygens (including phenoxy) is 2. The Morgan fingerprint density at radius 1 is 1.11 bits per heavy atom. The van der Waals surface area contributed by atoms with E-state index in [1.165, 1.54) is 10.5 Å². The number of alkyl carbamates (subject to hydrolysis) is 1. The summed E-state index contributed by atoms with van der Waals surface area (Å²) in [7, 11) is 4.06. The maximum absolute atomic E-state index is 12.2. The molecule has 0 aromatic heterocycles. The molecule has 0 spiro atoms. The zero-order valence-electron chi connectivity index (χ0n) is 16.7. The van der Waals surface area contributed by atoms with Crippen LogP contribution in [0.15, 0.2) is 54.6 Å². The second-order valence-electron chi connectivity index (χ2n) is 7.25. The molecule has 0 saturated carbocycles. The fourth-order valence-electron chi connectivity index (χ4n) is 3.44. The first-order valence-corrected chi connectivity index (χ1v) is 9.77. The van der Waals surface area contributed by atoms with Gasteiger partial charge in [-0.05, 0) is 17.7 Å². The van der Waals surface area contributed by atoms with Crippen molar-refractivity contribution in [3.63, 3.8) is 0 Å². The molecule has 2 aromatic carbocycles. The van der Waals surface area contributed by atoms with Crippen LogP contribution in [0.4, 0.5) is 10.5 Å². The van der Waals surface area contributed by atoms with Crippen molar-refractivity contribution in [2.45, 2.75) is 12.6 Å². The number of benzene rings is 2. The highest BCUT2D eigenvalue weighted by Crippen LogP contribution is 2.16. The highest BCUT2D eigenvalue weighted by Gasteiger charge is 2.27. The molecule has 1 aliphatic heterocycles. The fourth-order valence-corrected chi connectivity index (χ4v) is 3.44. The van der Waals surface area contributed by atoms with E-state index < -0.39 is 0 Å². The Bertz CT molecular complexity index is 728. The highest BCUT2D eigenvalue weighted by atomic mass is 16.5. The molecular formula is C22H30N3O3+. The van der Waals surface area contributed by atoms with Gasteiger partial charge in [-0.1, -0.05) is 42.5 Å². The molecule has 1 saturated heterocycles. The number of nitrogens with zero attached hydrogens (tertiary/aromatic N) is 1. The Morgan fingerprint density at radius 2 is 1.79 bits per heavy atom. The molecule has 2 N–H and O–H groups in total. The first-order chi connectivity index (χ1) is 13.6. The van der Waals surface area contributed by atoms with Crippen LogP contribution in [0.1, 0.15) is 17.2 Å². The Morgan fingerprint density at radius 3 is 2.43 bits per heavy atom. The van der Waals surface area contributed by atoms with Crippen molar-refractivity contribution in [2.75, 3.05) is 51.8 Å². The van der Waals surface area contributed by atoms with Crippen LogP contribution in [0.5, 0.6) is 0 Å². The minimum atomic E-state index is -0.383. The second kappa shape index (κ2) is 10.1. The molecule has 6 nitrogen and oxygen atoms in total. The van der Waals surface area contributed by atoms with Gasteiger partial charge in [0.25, 0.3) is 0 Å². The van der Waals surface area contributed by atoms with E-state index >= 15 is 0 Å². The molecule has 0 aliphatic carbocycles. The molecule has 1 aliphatic rings. The summed E-state index contributed by atoms with van der Waals surface area (Å²) >= 11 is 0. The summed E-state index contributed by atoms with van der Waals surface area (Å²) in [6, 6.07) is 18.4. The van der Waals surface area contributed by atoms with Gasteiger partial charge in [0.1, 0.15) is 25.7 Å². The van der Waals surface area contributed by atoms with Crippen LogP contribution in [0.3, 0.4) is 0 Å². The number of quaternary nitrogens is 1. The number of anilines is 1. The lowest BCUT2D eigenvalue weighted by Crippen LogP contribution is -3.15. The van der Waals surface area contributed by atoms with Crippen molar-refractivity contribution in [2.24, 2.45) is 0 Å². The average Bonchev–Trinajstić information content (AvgIpc) is 2.74. The van der Waals surface area contributed by atoms with Crippen molar-refractivity contribution in [1.82, 2.24) is 5.32 Å². The molecule has 0 unspecified atom stereocenters. The van der Waals surface area contributed by atoms with E-state index in [0.717, 1.165) is 37.6 Å². The van der Waals surface area contributed by atoms with Gasteiger partial charge in [-0.3, -0.25) is 0 Å². The summed E-state index contributed by atoms with van der Waals surface area (Å²) in [5, 5.41) is 2.95. The Kier molecular flexibility index (Phi) is 7.28. The van der Waals surface area contributed by atoms with Crippen molar-refractivity contribution in [3.05, 3.63) is 65.7 Å². The van der Waals surface area contributed by atoms with Gasteiger partial charge in [-0.25, -0.2) is 4.79 Å². The number of carbonyl (C=O) groups excluding carboxylic acids is 1. The largest absolute Gasteiger partial charge is 0.445 e. The number of hydrogen-bond acceptors (Lipinski definition) is 4. The number of nitrogens with one attached hydrogen (secondary N) is 2. The van der Waals surface area contributed by atoms with Gasteiger partial charge < -0.3 is 24.6 Å². The van der Waals surface area contributed by atoms with E-state index in [9.17, 15) is 4.79 Å². The van der Waals surface area contributed by atoms with Gasteiger partial charge in [0, 0.05) is 25.3 Å². The molecule has 0 bridgehead atoms. The summed E-state index contributed by atoms with van der Waals surface area (Å²) in [4.78, 5) is 15.7. The maximum atomic E-state index is 12.2. The highest BCUT2D eigenvalue weighted by molar-refractivity contribution is 5.67. The molecule has 0 radical (unpaired) electrons. The molecule has 1 atom stereocenters. The minimum absolute atomic E-state index is 0.171. The van der Waals surface area contributed by atoms with Crippen LogP contribution in [0.2, 0.25) is 0 Å². The summed E-state index contributed by atoms with van der Waals surface area (Å²) < 4.78 is 10.9. The predicted octanol–water partition coefficient (Wildman–Crippen LogP) is 1.64. The van der Waals surface area contributed by atoms with E-state index in [4.69, 9.17) is 9.47 Å². The Labute approximate surface area is 167 Å². The number of carbonyl (C=O) groups is 1. The molecule has 2 aromatic rings. The Balaban J connectivity index is 1.61. The van der Waals surface area contributed by atoms with Crippen LogP contribution in [-0.4, -0.2) is 53.0 Å². The van der Waals surface area contributed by atoms with Gasteiger partial charge in [-0.15, -0.1) is 0 Å². The number of hydrogen-bond donors (Lipinski definition) is 2. The standard InChI is InChI=1S/C22H29N3O3/c1-24(2)20-10-8-19(9-11-20)21(25-12-14-27-15-13-25)16-23-22(26)28-17-18-6-4-3-5-7-18/h3-11,21H,12-17H2,1-2H3,(H,23,26)/p+1/t21-/m0/s1. The predicted molar refractivity (Wildman–Crippen MR) is 110 cm³/mol. The smallest absolute Gasteiger partial charge is 0.407 e. The lowest BCUT2D eigenvalue weighted by atomic mass is 10.0. The third kappa shape index (κ3) is 5.71. The molecular weight excluding hydrogens is 354 g/mol. The van der Waals surface area contributed by atoms with Crippen LogP contribution >= 0.6 is 0 Å². The van der Waals surface area contributed by atoms with Gasteiger partial charge in [0.15, 0.2) is 0 Å². The lowest BCUT2D eigenvalue weighted by molar-refractivity contribution is -0.937. The van der Waals surface area contributed by atoms with Crippen LogP contribution in [-0.2, 0) is 16.1 Å². The molecule has 1 fully saturated rings. The number of rotatable bonds is 7. The average molecular weight is 385 g/mol. The minimum Gasteiger partial charge on any atom is -0.445 e. The van der Waals surface area contributed by atoms with Crippen LogP contribution in [0, 0.1) is 0 Å². The van der Waals surface area contributed by atoms with Crippen LogP contribution in [0.25, 0.3) is 0 Å². The van der Waals surface area contributed by atoms with Gasteiger partial charge in [-0.2, -0.15) is 0 Å². The van der Waals surface area contributed by atoms with Gasteiger partial charge in [0.05, 0.1) is 19.8 Å². The fraction of sp³-hybridized carbons (Fsp3) is 0.409. The van der Waals surface area contributed by atoms with E-state index in [1.807, 2.05) is 44.4 Å². The maximum Gasteiger partial charge on any atom is 0.407 e. The first-order valence-electron chi connectivity index (χ1n) is 9.77. The van der Waals surface area contributed by atoms with Gasteiger partial charge in [0.2, 0.25) is 0 Å². The zero-order valence-corrected chi connectivity index (χ0v) is 16.7. The summed E-state index contributed by atoms with van der Waals surface area (Å²) in [5.74, 6) is 0. The topological polar surface area (TPSA) is 55.2 Å². The third-order valence-electron chi connectivity index (χ3n) is 5.10. The van der Waals surface area contributed by atoms with Crippen molar-refractivity contribution in [3.8, 4) is 0 Å².